The number of methoxy groups -OCH3 is 1. The maximum absolute atomic E-state index is 6.00. The zero-order chi connectivity index (χ0) is 14.0. The summed E-state index contributed by atoms with van der Waals surface area (Å²) in [4.78, 5) is 0. The fourth-order valence-corrected chi connectivity index (χ4v) is 2.07. The molecule has 0 spiro atoms. The van der Waals surface area contributed by atoms with Crippen molar-refractivity contribution >= 4 is 17.3 Å². The first-order valence-electron chi connectivity index (χ1n) is 5.79. The number of nitrogen functional groups attached to an aromatic ring is 1. The van der Waals surface area contributed by atoms with Gasteiger partial charge in [-0.05, 0) is 42.5 Å². The van der Waals surface area contributed by atoms with Gasteiger partial charge in [-0.1, -0.05) is 11.6 Å². The maximum atomic E-state index is 6.00. The van der Waals surface area contributed by atoms with Gasteiger partial charge >= 0.3 is 0 Å². The predicted molar refractivity (Wildman–Crippen MR) is 73.9 cm³/mol. The van der Waals surface area contributed by atoms with Gasteiger partial charge in [-0.15, -0.1) is 5.10 Å². The smallest absolute Gasteiger partial charge is 0.184 e. The van der Waals surface area contributed by atoms with Gasteiger partial charge in [0.1, 0.15) is 0 Å². The third-order valence-electron chi connectivity index (χ3n) is 2.80. The number of rotatable bonds is 4. The summed E-state index contributed by atoms with van der Waals surface area (Å²) >= 11 is 6.00. The molecule has 0 unspecified atom stereocenters. The summed E-state index contributed by atoms with van der Waals surface area (Å²) in [6.07, 6.45) is 0. The highest BCUT2D eigenvalue weighted by Crippen LogP contribution is 2.29. The highest BCUT2D eigenvalue weighted by Gasteiger charge is 2.26. The zero-order valence-corrected chi connectivity index (χ0v) is 11.8. The summed E-state index contributed by atoms with van der Waals surface area (Å²) in [6, 6.07) is 5.22. The number of halogens is 1. The molecule has 6 nitrogen and oxygen atoms in total. The fourth-order valence-electron chi connectivity index (χ4n) is 1.90. The molecule has 0 saturated heterocycles. The molecule has 0 aliphatic carbocycles. The van der Waals surface area contributed by atoms with Gasteiger partial charge in [-0.3, -0.25) is 0 Å². The molecule has 0 aliphatic rings. The lowest BCUT2D eigenvalue weighted by atomic mass is 10.1. The van der Waals surface area contributed by atoms with Crippen molar-refractivity contribution in [1.82, 2.24) is 20.2 Å². The van der Waals surface area contributed by atoms with Crippen molar-refractivity contribution in [1.29, 1.82) is 0 Å². The van der Waals surface area contributed by atoms with Crippen LogP contribution in [0.15, 0.2) is 18.2 Å². The Morgan fingerprint density at radius 2 is 2.16 bits per heavy atom. The molecular weight excluding hydrogens is 266 g/mol. The summed E-state index contributed by atoms with van der Waals surface area (Å²) in [7, 11) is 1.64. The molecular formula is C12H16ClN5O. The van der Waals surface area contributed by atoms with E-state index in [1.54, 1.807) is 30.0 Å². The van der Waals surface area contributed by atoms with Gasteiger partial charge < -0.3 is 10.5 Å². The van der Waals surface area contributed by atoms with Crippen LogP contribution in [-0.2, 0) is 10.3 Å². The van der Waals surface area contributed by atoms with Crippen LogP contribution in [0.25, 0.3) is 11.4 Å². The predicted octanol–water partition coefficient (Wildman–Crippen LogP) is 1.96. The van der Waals surface area contributed by atoms with Crippen LogP contribution >= 0.6 is 11.6 Å². The van der Waals surface area contributed by atoms with Crippen LogP contribution in [-0.4, -0.2) is 33.9 Å². The number of tetrazole rings is 1. The Hall–Kier alpha value is -1.66. The Bertz CT molecular complexity index is 581. The van der Waals surface area contributed by atoms with E-state index in [1.165, 1.54) is 0 Å². The molecule has 0 radical (unpaired) electrons. The number of nitrogens with two attached hydrogens (primary N) is 1. The lowest BCUT2D eigenvalue weighted by Crippen LogP contribution is -2.33. The van der Waals surface area contributed by atoms with Crippen molar-refractivity contribution in [2.45, 2.75) is 19.4 Å². The number of hydrogen-bond donors (Lipinski definition) is 1. The number of anilines is 1. The SMILES string of the molecule is COCC(C)(C)n1nnnc1-c1cc(Cl)ccc1N. The Balaban J connectivity index is 2.53. The summed E-state index contributed by atoms with van der Waals surface area (Å²) in [6.45, 7) is 4.44. The molecule has 0 amide bonds. The highest BCUT2D eigenvalue weighted by molar-refractivity contribution is 6.31. The standard InChI is InChI=1S/C12H16ClN5O/c1-12(2,7-19-3)18-11(15-16-17-18)9-6-8(13)4-5-10(9)14/h4-6H,7,14H2,1-3H3. The molecule has 1 aromatic heterocycles. The van der Waals surface area contributed by atoms with Crippen molar-refractivity contribution in [3.8, 4) is 11.4 Å². The molecule has 0 aliphatic heterocycles. The summed E-state index contributed by atoms with van der Waals surface area (Å²) in [5.41, 5.74) is 6.87. The van der Waals surface area contributed by atoms with Crippen LogP contribution in [0.4, 0.5) is 5.69 Å². The molecule has 0 saturated carbocycles. The number of aromatic nitrogens is 4. The molecule has 19 heavy (non-hydrogen) atoms. The van der Waals surface area contributed by atoms with Crippen LogP contribution in [0.5, 0.6) is 0 Å². The van der Waals surface area contributed by atoms with Crippen molar-refractivity contribution in [2.75, 3.05) is 19.5 Å². The van der Waals surface area contributed by atoms with Gasteiger partial charge in [0, 0.05) is 23.4 Å². The molecule has 1 aromatic carbocycles. The van der Waals surface area contributed by atoms with Crippen LogP contribution in [0.2, 0.25) is 5.02 Å². The normalized spacial score (nSPS) is 11.8. The molecule has 0 atom stereocenters. The Morgan fingerprint density at radius 1 is 1.42 bits per heavy atom. The van der Waals surface area contributed by atoms with Crippen LogP contribution < -0.4 is 5.73 Å². The average molecular weight is 282 g/mol. The molecule has 2 N–H and O–H groups in total. The number of benzene rings is 1. The second kappa shape index (κ2) is 5.14. The van der Waals surface area contributed by atoms with Crippen molar-refractivity contribution < 1.29 is 4.74 Å². The van der Waals surface area contributed by atoms with Gasteiger partial charge in [0.05, 0.1) is 12.1 Å². The van der Waals surface area contributed by atoms with Gasteiger partial charge in [-0.2, -0.15) is 0 Å². The van der Waals surface area contributed by atoms with E-state index in [0.717, 1.165) is 0 Å². The average Bonchev–Trinajstić information content (AvgIpc) is 2.82. The van der Waals surface area contributed by atoms with E-state index >= 15 is 0 Å². The zero-order valence-electron chi connectivity index (χ0n) is 11.1. The number of nitrogens with zero attached hydrogens (tertiary/aromatic N) is 4. The van der Waals surface area contributed by atoms with Crippen molar-refractivity contribution in [3.05, 3.63) is 23.2 Å². The maximum Gasteiger partial charge on any atom is 0.184 e. The van der Waals surface area contributed by atoms with Gasteiger partial charge in [0.2, 0.25) is 0 Å². The fraction of sp³-hybridized carbons (Fsp3) is 0.417. The monoisotopic (exact) mass is 281 g/mol. The van der Waals surface area contributed by atoms with Crippen molar-refractivity contribution in [3.63, 3.8) is 0 Å². The first kappa shape index (κ1) is 13.8. The molecule has 0 fully saturated rings. The van der Waals surface area contributed by atoms with E-state index in [0.29, 0.717) is 28.7 Å². The summed E-state index contributed by atoms with van der Waals surface area (Å²) < 4.78 is 6.89. The molecule has 2 aromatic rings. The lowest BCUT2D eigenvalue weighted by Gasteiger charge is -2.24. The topological polar surface area (TPSA) is 78.8 Å². The third-order valence-corrected chi connectivity index (χ3v) is 3.03. The van der Waals surface area contributed by atoms with E-state index < -0.39 is 0 Å². The molecule has 7 heteroatoms. The summed E-state index contributed by atoms with van der Waals surface area (Å²) in [5.74, 6) is 0.571. The van der Waals surface area contributed by atoms with Crippen molar-refractivity contribution in [2.24, 2.45) is 0 Å². The largest absolute Gasteiger partial charge is 0.398 e. The minimum absolute atomic E-state index is 0.387. The number of hydrogen-bond acceptors (Lipinski definition) is 5. The second-order valence-corrected chi connectivity index (χ2v) is 5.33. The quantitative estimate of drug-likeness (QED) is 0.867. The molecule has 2 rings (SSSR count). The highest BCUT2D eigenvalue weighted by atomic mass is 35.5. The van der Waals surface area contributed by atoms with E-state index in [-0.39, 0.29) is 5.54 Å². The molecule has 0 bridgehead atoms. The van der Waals surface area contributed by atoms with Gasteiger partial charge in [0.15, 0.2) is 5.82 Å². The second-order valence-electron chi connectivity index (χ2n) is 4.89. The Labute approximate surface area is 116 Å². The molecule has 1 heterocycles. The minimum atomic E-state index is -0.387. The Kier molecular flexibility index (Phi) is 3.73. The lowest BCUT2D eigenvalue weighted by molar-refractivity contribution is 0.101. The summed E-state index contributed by atoms with van der Waals surface area (Å²) in [5, 5.41) is 12.4. The first-order chi connectivity index (χ1) is 8.95. The number of ether oxygens (including phenoxy) is 1. The van der Waals surface area contributed by atoms with E-state index in [2.05, 4.69) is 15.5 Å². The van der Waals surface area contributed by atoms with Gasteiger partial charge in [-0.25, -0.2) is 4.68 Å². The minimum Gasteiger partial charge on any atom is -0.398 e. The third kappa shape index (κ3) is 2.69. The van der Waals surface area contributed by atoms with Gasteiger partial charge in [0.25, 0.3) is 0 Å². The van der Waals surface area contributed by atoms with E-state index in [9.17, 15) is 0 Å². The molecule has 102 valence electrons. The Morgan fingerprint density at radius 3 is 2.84 bits per heavy atom. The first-order valence-corrected chi connectivity index (χ1v) is 6.16. The van der Waals surface area contributed by atoms with Crippen LogP contribution in [0, 0.1) is 0 Å². The van der Waals surface area contributed by atoms with E-state index in [1.807, 2.05) is 13.8 Å². The van der Waals surface area contributed by atoms with Crippen LogP contribution in [0.3, 0.4) is 0 Å². The van der Waals surface area contributed by atoms with Crippen LogP contribution in [0.1, 0.15) is 13.8 Å². The van der Waals surface area contributed by atoms with E-state index in [4.69, 9.17) is 22.1 Å².